The third kappa shape index (κ3) is 4.59. The van der Waals surface area contributed by atoms with Crippen molar-refractivity contribution in [1.82, 2.24) is 5.32 Å². The summed E-state index contributed by atoms with van der Waals surface area (Å²) in [6.45, 7) is 0.0758. The van der Waals surface area contributed by atoms with Crippen molar-refractivity contribution in [3.8, 4) is 6.07 Å². The van der Waals surface area contributed by atoms with Crippen LogP contribution in [0.3, 0.4) is 0 Å². The highest BCUT2D eigenvalue weighted by Gasteiger charge is 2.10. The Bertz CT molecular complexity index is 1040. The number of hydrogen-bond acceptors (Lipinski definition) is 3. The first-order chi connectivity index (χ1) is 13.6. The summed E-state index contributed by atoms with van der Waals surface area (Å²) < 4.78 is 13.6. The minimum Gasteiger partial charge on any atom is -0.348 e. The SMILES string of the molecule is N#Cc1ccc(NC(=O)c2ccc(C(=O)NCc3ccccc3F)cc2)cc1. The molecule has 5 nitrogen and oxygen atoms in total. The number of anilines is 1. The van der Waals surface area contributed by atoms with Gasteiger partial charge < -0.3 is 10.6 Å². The number of carbonyl (C=O) groups excluding carboxylic acids is 2. The highest BCUT2D eigenvalue weighted by molar-refractivity contribution is 6.05. The molecule has 0 radical (unpaired) electrons. The number of nitrogens with one attached hydrogen (secondary N) is 2. The van der Waals surface area contributed by atoms with Gasteiger partial charge in [0, 0.05) is 28.9 Å². The van der Waals surface area contributed by atoms with E-state index in [2.05, 4.69) is 10.6 Å². The molecule has 0 aromatic heterocycles. The molecule has 3 aromatic rings. The number of benzene rings is 3. The van der Waals surface area contributed by atoms with E-state index in [0.29, 0.717) is 27.9 Å². The number of hydrogen-bond donors (Lipinski definition) is 2. The van der Waals surface area contributed by atoms with Crippen molar-refractivity contribution in [2.24, 2.45) is 0 Å². The minimum absolute atomic E-state index is 0.0758. The van der Waals surface area contributed by atoms with Crippen LogP contribution in [-0.2, 0) is 6.54 Å². The molecule has 0 unspecified atom stereocenters. The summed E-state index contributed by atoms with van der Waals surface area (Å²) in [5.74, 6) is -1.07. The first-order valence-electron chi connectivity index (χ1n) is 8.50. The standard InChI is InChI=1S/C22H16FN3O2/c23-20-4-2-1-3-18(20)14-25-21(27)16-7-9-17(10-8-16)22(28)26-19-11-5-15(13-24)6-12-19/h1-12H,14H2,(H,25,27)(H,26,28). The van der Waals surface area contributed by atoms with Gasteiger partial charge in [-0.1, -0.05) is 18.2 Å². The fourth-order valence-electron chi connectivity index (χ4n) is 2.52. The van der Waals surface area contributed by atoms with Gasteiger partial charge in [-0.05, 0) is 54.6 Å². The third-order valence-electron chi connectivity index (χ3n) is 4.08. The van der Waals surface area contributed by atoms with Crippen molar-refractivity contribution >= 4 is 17.5 Å². The summed E-state index contributed by atoms with van der Waals surface area (Å²) in [7, 11) is 0. The summed E-state index contributed by atoms with van der Waals surface area (Å²) in [4.78, 5) is 24.5. The lowest BCUT2D eigenvalue weighted by molar-refractivity contribution is 0.0948. The van der Waals surface area contributed by atoms with E-state index < -0.39 is 0 Å². The molecule has 6 heteroatoms. The molecule has 0 bridgehead atoms. The zero-order valence-corrected chi connectivity index (χ0v) is 14.8. The van der Waals surface area contributed by atoms with Crippen LogP contribution in [0.1, 0.15) is 31.8 Å². The lowest BCUT2D eigenvalue weighted by Gasteiger charge is -2.08. The molecule has 28 heavy (non-hydrogen) atoms. The van der Waals surface area contributed by atoms with Gasteiger partial charge in [0.1, 0.15) is 5.82 Å². The van der Waals surface area contributed by atoms with E-state index in [0.717, 1.165) is 0 Å². The van der Waals surface area contributed by atoms with E-state index in [4.69, 9.17) is 5.26 Å². The molecule has 0 fully saturated rings. The van der Waals surface area contributed by atoms with E-state index >= 15 is 0 Å². The topological polar surface area (TPSA) is 82.0 Å². The summed E-state index contributed by atoms with van der Waals surface area (Å²) in [6.07, 6.45) is 0. The first kappa shape index (κ1) is 18.8. The average molecular weight is 373 g/mol. The first-order valence-corrected chi connectivity index (χ1v) is 8.50. The molecular formula is C22H16FN3O2. The van der Waals surface area contributed by atoms with Crippen LogP contribution in [0.15, 0.2) is 72.8 Å². The van der Waals surface area contributed by atoms with Crippen molar-refractivity contribution in [2.75, 3.05) is 5.32 Å². The van der Waals surface area contributed by atoms with E-state index in [1.54, 1.807) is 42.5 Å². The van der Waals surface area contributed by atoms with Gasteiger partial charge in [-0.3, -0.25) is 9.59 Å². The predicted octanol–water partition coefficient (Wildman–Crippen LogP) is 3.88. The second-order valence-corrected chi connectivity index (χ2v) is 5.99. The smallest absolute Gasteiger partial charge is 0.255 e. The van der Waals surface area contributed by atoms with Gasteiger partial charge in [0.25, 0.3) is 11.8 Å². The van der Waals surface area contributed by atoms with Crippen molar-refractivity contribution in [2.45, 2.75) is 6.54 Å². The minimum atomic E-state index is -0.377. The van der Waals surface area contributed by atoms with Gasteiger partial charge in [0.15, 0.2) is 0 Å². The number of carbonyl (C=O) groups is 2. The predicted molar refractivity (Wildman–Crippen MR) is 103 cm³/mol. The summed E-state index contributed by atoms with van der Waals surface area (Å²) in [5, 5.41) is 14.2. The van der Waals surface area contributed by atoms with Gasteiger partial charge >= 0.3 is 0 Å². The lowest BCUT2D eigenvalue weighted by Crippen LogP contribution is -2.23. The number of halogens is 1. The molecule has 2 amide bonds. The molecule has 3 aromatic carbocycles. The molecular weight excluding hydrogens is 357 g/mol. The Morgan fingerprint density at radius 3 is 2.07 bits per heavy atom. The number of nitrogens with zero attached hydrogens (tertiary/aromatic N) is 1. The lowest BCUT2D eigenvalue weighted by atomic mass is 10.1. The molecule has 0 atom stereocenters. The Morgan fingerprint density at radius 2 is 1.46 bits per heavy atom. The molecule has 0 saturated carbocycles. The van der Waals surface area contributed by atoms with Gasteiger partial charge in [0.05, 0.1) is 11.6 Å². The molecule has 0 aliphatic rings. The zero-order chi connectivity index (χ0) is 19.9. The fourth-order valence-corrected chi connectivity index (χ4v) is 2.52. The quantitative estimate of drug-likeness (QED) is 0.712. The Balaban J connectivity index is 1.60. The van der Waals surface area contributed by atoms with Crippen LogP contribution in [0, 0.1) is 17.1 Å². The maximum atomic E-state index is 13.6. The van der Waals surface area contributed by atoms with Crippen molar-refractivity contribution < 1.29 is 14.0 Å². The zero-order valence-electron chi connectivity index (χ0n) is 14.8. The summed E-state index contributed by atoms with van der Waals surface area (Å²) >= 11 is 0. The van der Waals surface area contributed by atoms with Crippen molar-refractivity contribution in [1.29, 1.82) is 5.26 Å². The number of rotatable bonds is 5. The fraction of sp³-hybridized carbons (Fsp3) is 0.0455. The van der Waals surface area contributed by atoms with E-state index in [9.17, 15) is 14.0 Å². The summed E-state index contributed by atoms with van der Waals surface area (Å²) in [5.41, 5.74) is 2.22. The van der Waals surface area contributed by atoms with E-state index in [1.807, 2.05) is 6.07 Å². The monoisotopic (exact) mass is 373 g/mol. The number of amides is 2. The molecule has 0 spiro atoms. The third-order valence-corrected chi connectivity index (χ3v) is 4.08. The largest absolute Gasteiger partial charge is 0.348 e. The van der Waals surface area contributed by atoms with Crippen LogP contribution in [0.25, 0.3) is 0 Å². The normalized spacial score (nSPS) is 10.0. The molecule has 0 aliphatic carbocycles. The second kappa shape index (κ2) is 8.60. The van der Waals surface area contributed by atoms with Crippen molar-refractivity contribution in [3.05, 3.63) is 101 Å². The van der Waals surface area contributed by atoms with Gasteiger partial charge in [-0.15, -0.1) is 0 Å². The van der Waals surface area contributed by atoms with Crippen LogP contribution in [0.5, 0.6) is 0 Å². The maximum absolute atomic E-state index is 13.6. The van der Waals surface area contributed by atoms with Gasteiger partial charge in [-0.2, -0.15) is 5.26 Å². The summed E-state index contributed by atoms with van der Waals surface area (Å²) in [6, 6.07) is 20.9. The average Bonchev–Trinajstić information content (AvgIpc) is 2.73. The van der Waals surface area contributed by atoms with E-state index in [-0.39, 0.29) is 24.2 Å². The Hall–Kier alpha value is -3.98. The highest BCUT2D eigenvalue weighted by Crippen LogP contribution is 2.12. The molecule has 3 rings (SSSR count). The van der Waals surface area contributed by atoms with Crippen LogP contribution in [0.4, 0.5) is 10.1 Å². The number of nitriles is 1. The van der Waals surface area contributed by atoms with Crippen molar-refractivity contribution in [3.63, 3.8) is 0 Å². The molecule has 0 heterocycles. The molecule has 138 valence electrons. The molecule has 0 saturated heterocycles. The van der Waals surface area contributed by atoms with Crippen LogP contribution >= 0.6 is 0 Å². The van der Waals surface area contributed by atoms with Crippen LogP contribution < -0.4 is 10.6 Å². The second-order valence-electron chi connectivity index (χ2n) is 5.99. The van der Waals surface area contributed by atoms with E-state index in [1.165, 1.54) is 30.3 Å². The molecule has 2 N–H and O–H groups in total. The van der Waals surface area contributed by atoms with Crippen LogP contribution in [-0.4, -0.2) is 11.8 Å². The maximum Gasteiger partial charge on any atom is 0.255 e. The molecule has 0 aliphatic heterocycles. The van der Waals surface area contributed by atoms with Gasteiger partial charge in [-0.25, -0.2) is 4.39 Å². The highest BCUT2D eigenvalue weighted by atomic mass is 19.1. The Morgan fingerprint density at radius 1 is 0.857 bits per heavy atom. The van der Waals surface area contributed by atoms with Crippen LogP contribution in [0.2, 0.25) is 0 Å². The Kier molecular flexibility index (Phi) is 5.78. The van der Waals surface area contributed by atoms with Gasteiger partial charge in [0.2, 0.25) is 0 Å². The Labute approximate surface area is 161 Å².